The quantitative estimate of drug-likeness (QED) is 0.300. The molecule has 1 saturated heterocycles. The van der Waals surface area contributed by atoms with Crippen molar-refractivity contribution in [2.24, 2.45) is 0 Å². The van der Waals surface area contributed by atoms with E-state index in [1.54, 1.807) is 18.2 Å². The van der Waals surface area contributed by atoms with Crippen LogP contribution in [0.4, 0.5) is 0 Å². The van der Waals surface area contributed by atoms with E-state index in [2.05, 4.69) is 9.97 Å². The van der Waals surface area contributed by atoms with E-state index >= 15 is 0 Å². The van der Waals surface area contributed by atoms with Crippen molar-refractivity contribution in [1.29, 1.82) is 0 Å². The summed E-state index contributed by atoms with van der Waals surface area (Å²) in [7, 11) is 0. The van der Waals surface area contributed by atoms with Crippen LogP contribution in [0.25, 0.3) is 22.0 Å². The first-order valence-electron chi connectivity index (χ1n) is 14.7. The van der Waals surface area contributed by atoms with E-state index in [-0.39, 0.29) is 23.7 Å². The maximum Gasteiger partial charge on any atom is 0.335 e. The Balaban J connectivity index is 1.10. The lowest BCUT2D eigenvalue weighted by Gasteiger charge is -2.44. The SMILES string of the molecule is CCOc1cc(C(=O)N2CCC3(CC2)CC(=O)c2cc(-c4cc(C(=O)O)ccn4)ccc2O3)cc2c(C3CC3)nccc12. The average molecular weight is 578 g/mol. The molecule has 0 bridgehead atoms. The molecule has 9 heteroatoms. The van der Waals surface area contributed by atoms with Gasteiger partial charge in [0.2, 0.25) is 0 Å². The van der Waals surface area contributed by atoms with Gasteiger partial charge in [-0.05, 0) is 68.3 Å². The predicted molar refractivity (Wildman–Crippen MR) is 159 cm³/mol. The number of ether oxygens (including phenoxy) is 2. The highest BCUT2D eigenvalue weighted by molar-refractivity contribution is 6.03. The second kappa shape index (κ2) is 10.5. The highest BCUT2D eigenvalue weighted by Crippen LogP contribution is 2.44. The van der Waals surface area contributed by atoms with Crippen molar-refractivity contribution in [2.45, 2.75) is 50.5 Å². The molecule has 4 aromatic rings. The zero-order valence-electron chi connectivity index (χ0n) is 23.8. The van der Waals surface area contributed by atoms with Crippen LogP contribution >= 0.6 is 0 Å². The van der Waals surface area contributed by atoms with Gasteiger partial charge in [-0.15, -0.1) is 0 Å². The maximum absolute atomic E-state index is 13.8. The molecule has 0 unspecified atom stereocenters. The van der Waals surface area contributed by atoms with Crippen LogP contribution in [0.15, 0.2) is 60.9 Å². The molecule has 0 radical (unpaired) electrons. The molecule has 4 heterocycles. The third kappa shape index (κ3) is 4.98. The van der Waals surface area contributed by atoms with Gasteiger partial charge in [-0.2, -0.15) is 0 Å². The van der Waals surface area contributed by atoms with Crippen molar-refractivity contribution < 1.29 is 29.0 Å². The minimum atomic E-state index is -1.04. The molecule has 3 aliphatic rings. The number of aromatic nitrogens is 2. The Morgan fingerprint density at radius 1 is 1.00 bits per heavy atom. The lowest BCUT2D eigenvalue weighted by atomic mass is 9.82. The number of carboxylic acid groups (broad SMARTS) is 1. The number of aromatic carboxylic acids is 1. The van der Waals surface area contributed by atoms with Gasteiger partial charge in [0.15, 0.2) is 5.78 Å². The van der Waals surface area contributed by atoms with E-state index in [1.165, 1.54) is 18.3 Å². The molecule has 2 fully saturated rings. The Morgan fingerprint density at radius 3 is 2.53 bits per heavy atom. The number of piperidine rings is 1. The van der Waals surface area contributed by atoms with Crippen LogP contribution in [0.3, 0.4) is 0 Å². The van der Waals surface area contributed by atoms with E-state index in [4.69, 9.17) is 9.47 Å². The number of Topliss-reactive ketones (excluding diaryl/α,β-unsaturated/α-hetero) is 1. The van der Waals surface area contributed by atoms with Crippen LogP contribution < -0.4 is 9.47 Å². The number of carboxylic acids is 1. The minimum Gasteiger partial charge on any atom is -0.493 e. The standard InChI is InChI=1S/C34H31N3O6/c1-2-42-30-18-23(16-25-24(30)8-12-36-31(25)20-3-4-20)32(39)37-13-9-34(10-14-37)19-28(38)26-15-21(5-6-29(26)43-34)27-17-22(33(40)41)7-11-35-27/h5-8,11-12,15-18,20H,2-4,9-10,13-14,19H2,1H3,(H,40,41). The molecule has 1 aliphatic carbocycles. The van der Waals surface area contributed by atoms with E-state index in [9.17, 15) is 19.5 Å². The first-order chi connectivity index (χ1) is 20.8. The van der Waals surface area contributed by atoms with Gasteiger partial charge in [0.1, 0.15) is 17.1 Å². The molecule has 218 valence electrons. The largest absolute Gasteiger partial charge is 0.493 e. The van der Waals surface area contributed by atoms with E-state index in [1.807, 2.05) is 36.2 Å². The van der Waals surface area contributed by atoms with Gasteiger partial charge >= 0.3 is 5.97 Å². The minimum absolute atomic E-state index is 0.0340. The molecule has 2 aromatic carbocycles. The first-order valence-corrected chi connectivity index (χ1v) is 14.7. The second-order valence-electron chi connectivity index (χ2n) is 11.6. The second-order valence-corrected chi connectivity index (χ2v) is 11.6. The smallest absolute Gasteiger partial charge is 0.335 e. The topological polar surface area (TPSA) is 119 Å². The summed E-state index contributed by atoms with van der Waals surface area (Å²) in [5.74, 6) is 0.501. The van der Waals surface area contributed by atoms with Crippen molar-refractivity contribution in [2.75, 3.05) is 19.7 Å². The highest BCUT2D eigenvalue weighted by Gasteiger charge is 2.44. The summed E-state index contributed by atoms with van der Waals surface area (Å²) in [6.07, 6.45) is 6.78. The number of benzene rings is 2. The lowest BCUT2D eigenvalue weighted by molar-refractivity contribution is -0.00572. The van der Waals surface area contributed by atoms with Crippen molar-refractivity contribution in [3.8, 4) is 22.8 Å². The summed E-state index contributed by atoms with van der Waals surface area (Å²) in [5.41, 5.74) is 2.66. The van der Waals surface area contributed by atoms with Gasteiger partial charge in [-0.25, -0.2) is 4.79 Å². The van der Waals surface area contributed by atoms with Crippen LogP contribution in [-0.2, 0) is 0 Å². The van der Waals surface area contributed by atoms with E-state index in [0.717, 1.165) is 29.3 Å². The Bertz CT molecular complexity index is 1790. The fraction of sp³-hybridized carbons (Fsp3) is 0.324. The number of nitrogens with zero attached hydrogens (tertiary/aromatic N) is 3. The van der Waals surface area contributed by atoms with Crippen LogP contribution in [0, 0.1) is 0 Å². The molecule has 1 amide bonds. The number of carbonyl (C=O) groups excluding carboxylic acids is 2. The molecule has 9 nitrogen and oxygen atoms in total. The summed E-state index contributed by atoms with van der Waals surface area (Å²) >= 11 is 0. The highest BCUT2D eigenvalue weighted by atomic mass is 16.5. The third-order valence-corrected chi connectivity index (χ3v) is 8.74. The zero-order valence-corrected chi connectivity index (χ0v) is 23.8. The number of ketones is 1. The lowest BCUT2D eigenvalue weighted by Crippen LogP contribution is -2.52. The molecular weight excluding hydrogens is 546 g/mol. The summed E-state index contributed by atoms with van der Waals surface area (Å²) in [5, 5.41) is 11.3. The van der Waals surface area contributed by atoms with Crippen LogP contribution in [-0.4, -0.2) is 62.9 Å². The Kier molecular flexibility index (Phi) is 6.60. The van der Waals surface area contributed by atoms with Crippen molar-refractivity contribution in [3.05, 3.63) is 83.3 Å². The monoisotopic (exact) mass is 577 g/mol. The summed E-state index contributed by atoms with van der Waals surface area (Å²) < 4.78 is 12.4. The van der Waals surface area contributed by atoms with Gasteiger partial charge < -0.3 is 19.5 Å². The Labute approximate surface area is 248 Å². The summed E-state index contributed by atoms with van der Waals surface area (Å²) in [4.78, 5) is 49.3. The number of amides is 1. The van der Waals surface area contributed by atoms with E-state index < -0.39 is 11.6 Å². The first kappa shape index (κ1) is 27.1. The molecule has 1 saturated carbocycles. The van der Waals surface area contributed by atoms with Crippen LogP contribution in [0.5, 0.6) is 11.5 Å². The molecule has 43 heavy (non-hydrogen) atoms. The molecular formula is C34H31N3O6. The van der Waals surface area contributed by atoms with Crippen molar-refractivity contribution in [1.82, 2.24) is 14.9 Å². The van der Waals surface area contributed by atoms with Gasteiger partial charge in [-0.3, -0.25) is 19.6 Å². The van der Waals surface area contributed by atoms with Crippen molar-refractivity contribution >= 4 is 28.4 Å². The summed E-state index contributed by atoms with van der Waals surface area (Å²) in [6.45, 7) is 3.37. The van der Waals surface area contributed by atoms with Crippen LogP contribution in [0.1, 0.15) is 81.7 Å². The van der Waals surface area contributed by atoms with Crippen molar-refractivity contribution in [3.63, 3.8) is 0 Å². The molecule has 1 N–H and O–H groups in total. The van der Waals surface area contributed by atoms with Crippen LogP contribution in [0.2, 0.25) is 0 Å². The number of likely N-dealkylation sites (tertiary alicyclic amines) is 1. The number of carbonyl (C=O) groups is 3. The fourth-order valence-electron chi connectivity index (χ4n) is 6.31. The molecule has 2 aromatic heterocycles. The molecule has 0 atom stereocenters. The number of hydrogen-bond acceptors (Lipinski definition) is 7. The molecule has 7 rings (SSSR count). The number of pyridine rings is 2. The predicted octanol–water partition coefficient (Wildman–Crippen LogP) is 5.91. The third-order valence-electron chi connectivity index (χ3n) is 8.74. The molecule has 1 spiro atoms. The van der Waals surface area contributed by atoms with Gasteiger partial charge in [0, 0.05) is 66.1 Å². The molecule has 2 aliphatic heterocycles. The summed E-state index contributed by atoms with van der Waals surface area (Å²) in [6, 6.07) is 13.9. The Hall–Kier alpha value is -4.79. The number of hydrogen-bond donors (Lipinski definition) is 1. The Morgan fingerprint density at radius 2 is 1.79 bits per heavy atom. The maximum atomic E-state index is 13.8. The number of fused-ring (bicyclic) bond motifs is 2. The van der Waals surface area contributed by atoms with Gasteiger partial charge in [0.25, 0.3) is 5.91 Å². The number of rotatable bonds is 6. The zero-order chi connectivity index (χ0) is 29.7. The van der Waals surface area contributed by atoms with E-state index in [0.29, 0.717) is 72.3 Å². The van der Waals surface area contributed by atoms with Gasteiger partial charge in [0.05, 0.1) is 35.5 Å². The normalized spacial score (nSPS) is 17.4. The fourth-order valence-corrected chi connectivity index (χ4v) is 6.31. The average Bonchev–Trinajstić information content (AvgIpc) is 3.86. The van der Waals surface area contributed by atoms with Gasteiger partial charge in [-0.1, -0.05) is 0 Å².